The molecule has 3 atom stereocenters. The van der Waals surface area contributed by atoms with Gasteiger partial charge in [0.15, 0.2) is 0 Å². The molecule has 0 spiro atoms. The number of nitrogens with one attached hydrogen (secondary N) is 2. The molecule has 1 aromatic carbocycles. The number of hydrogen-bond donors (Lipinski definition) is 3. The molecular weight excluding hydrogens is 432 g/mol. The number of terminal acetylenes is 1. The molecule has 2 aliphatic rings. The van der Waals surface area contributed by atoms with Crippen molar-refractivity contribution < 1.29 is 19.4 Å². The molecule has 2 saturated heterocycles. The van der Waals surface area contributed by atoms with Crippen LogP contribution in [0.4, 0.5) is 0 Å². The van der Waals surface area contributed by atoms with E-state index in [2.05, 4.69) is 35.3 Å². The van der Waals surface area contributed by atoms with Crippen LogP contribution in [-0.4, -0.2) is 91.3 Å². The molecule has 3 rings (SSSR count). The monoisotopic (exact) mass is 470 g/mol. The lowest BCUT2D eigenvalue weighted by atomic mass is 9.80. The Morgan fingerprint density at radius 2 is 1.94 bits per heavy atom. The van der Waals surface area contributed by atoms with Gasteiger partial charge in [-0.05, 0) is 43.1 Å². The Bertz CT molecular complexity index is 874. The molecule has 34 heavy (non-hydrogen) atoms. The van der Waals surface area contributed by atoms with Crippen molar-refractivity contribution in [1.82, 2.24) is 20.4 Å². The molecular formula is C26H38N4O4. The van der Waals surface area contributed by atoms with Gasteiger partial charge in [0, 0.05) is 38.2 Å². The third-order valence-corrected chi connectivity index (χ3v) is 6.95. The van der Waals surface area contributed by atoms with Crippen LogP contribution in [0.1, 0.15) is 37.8 Å². The quantitative estimate of drug-likeness (QED) is 0.457. The topological polar surface area (TPSA) is 94.1 Å². The number of ether oxygens (including phenoxy) is 1. The van der Waals surface area contributed by atoms with Crippen LogP contribution in [0, 0.1) is 17.8 Å². The zero-order chi connectivity index (χ0) is 24.7. The number of aliphatic hydroxyl groups excluding tert-OH is 1. The number of carbonyl (C=O) groups excluding carboxylic acids is 2. The maximum Gasteiger partial charge on any atom is 0.243 e. The summed E-state index contributed by atoms with van der Waals surface area (Å²) in [5.74, 6) is 2.16. The summed E-state index contributed by atoms with van der Waals surface area (Å²) in [4.78, 5) is 30.5. The molecule has 0 aromatic heterocycles. The molecule has 8 nitrogen and oxygen atoms in total. The van der Waals surface area contributed by atoms with Crippen LogP contribution in [0.5, 0.6) is 0 Å². The number of carbonyl (C=O) groups is 2. The predicted molar refractivity (Wildman–Crippen MR) is 131 cm³/mol. The number of likely N-dealkylation sites (tertiary alicyclic amines) is 1. The first-order valence-corrected chi connectivity index (χ1v) is 12.0. The van der Waals surface area contributed by atoms with Crippen molar-refractivity contribution in [3.8, 4) is 12.3 Å². The minimum Gasteiger partial charge on any atom is -0.391 e. The number of rotatable bonds is 9. The molecule has 2 amide bonds. The number of amides is 2. The average Bonchev–Trinajstić information content (AvgIpc) is 3.24. The van der Waals surface area contributed by atoms with Gasteiger partial charge in [0.2, 0.25) is 11.8 Å². The molecule has 0 radical (unpaired) electrons. The Kier molecular flexibility index (Phi) is 9.09. The second-order valence-corrected chi connectivity index (χ2v) is 9.87. The molecule has 186 valence electrons. The van der Waals surface area contributed by atoms with Crippen molar-refractivity contribution in [3.05, 3.63) is 35.4 Å². The van der Waals surface area contributed by atoms with E-state index in [-0.39, 0.29) is 30.2 Å². The second-order valence-electron chi connectivity index (χ2n) is 9.87. The third kappa shape index (κ3) is 6.57. The van der Waals surface area contributed by atoms with Gasteiger partial charge in [0.05, 0.1) is 25.4 Å². The second kappa shape index (κ2) is 11.8. The molecule has 0 aliphatic carbocycles. The highest BCUT2D eigenvalue weighted by Gasteiger charge is 2.44. The lowest BCUT2D eigenvalue weighted by molar-refractivity contribution is -0.142. The van der Waals surface area contributed by atoms with Gasteiger partial charge in [-0.1, -0.05) is 31.9 Å². The SMILES string of the molecule is C#Cc1ccc(CNC(=O)[C@@H]2C[C@@H](O)CN2C(=O)[C@@H](NC)C(C)(C)CCN2CCOCC2)cc1. The van der Waals surface area contributed by atoms with E-state index in [1.54, 1.807) is 11.9 Å². The van der Waals surface area contributed by atoms with Gasteiger partial charge in [-0.25, -0.2) is 0 Å². The minimum atomic E-state index is -0.719. The van der Waals surface area contributed by atoms with Crippen LogP contribution in [0.2, 0.25) is 0 Å². The van der Waals surface area contributed by atoms with Crippen LogP contribution in [-0.2, 0) is 20.9 Å². The van der Waals surface area contributed by atoms with Gasteiger partial charge < -0.3 is 25.4 Å². The minimum absolute atomic E-state index is 0.149. The summed E-state index contributed by atoms with van der Waals surface area (Å²) < 4.78 is 5.42. The van der Waals surface area contributed by atoms with Crippen molar-refractivity contribution in [3.63, 3.8) is 0 Å². The Labute approximate surface area is 203 Å². The fraction of sp³-hybridized carbons (Fsp3) is 0.615. The molecule has 3 N–H and O–H groups in total. The van der Waals surface area contributed by atoms with E-state index < -0.39 is 18.2 Å². The maximum absolute atomic E-state index is 13.6. The summed E-state index contributed by atoms with van der Waals surface area (Å²) in [6.45, 7) is 8.82. The first kappa shape index (κ1) is 26.2. The molecule has 2 aliphatic heterocycles. The molecule has 0 bridgehead atoms. The number of likely N-dealkylation sites (N-methyl/N-ethyl adjacent to an activating group) is 1. The van der Waals surface area contributed by atoms with Crippen molar-refractivity contribution in [2.75, 3.05) is 46.4 Å². The molecule has 2 fully saturated rings. The highest BCUT2D eigenvalue weighted by atomic mass is 16.5. The van der Waals surface area contributed by atoms with E-state index in [4.69, 9.17) is 11.2 Å². The van der Waals surface area contributed by atoms with Gasteiger partial charge in [-0.3, -0.25) is 14.5 Å². The Morgan fingerprint density at radius 3 is 2.56 bits per heavy atom. The fourth-order valence-electron chi connectivity index (χ4n) is 4.76. The van der Waals surface area contributed by atoms with Crippen molar-refractivity contribution in [2.24, 2.45) is 5.41 Å². The summed E-state index contributed by atoms with van der Waals surface area (Å²) >= 11 is 0. The van der Waals surface area contributed by atoms with Crippen LogP contribution < -0.4 is 10.6 Å². The van der Waals surface area contributed by atoms with E-state index in [1.165, 1.54) is 0 Å². The Morgan fingerprint density at radius 1 is 1.26 bits per heavy atom. The largest absolute Gasteiger partial charge is 0.391 e. The zero-order valence-corrected chi connectivity index (χ0v) is 20.5. The smallest absolute Gasteiger partial charge is 0.243 e. The van der Waals surface area contributed by atoms with Gasteiger partial charge in [0.1, 0.15) is 6.04 Å². The van der Waals surface area contributed by atoms with E-state index in [0.29, 0.717) is 6.54 Å². The van der Waals surface area contributed by atoms with E-state index >= 15 is 0 Å². The number of β-amino-alcohol motifs (C(OH)–C–C–N with tert-alkyl or cyclic N) is 1. The highest BCUT2D eigenvalue weighted by Crippen LogP contribution is 2.30. The highest BCUT2D eigenvalue weighted by molar-refractivity contribution is 5.91. The standard InChI is InChI=1S/C26H38N4O4/c1-5-19-6-8-20(9-7-19)17-28-24(32)22-16-21(31)18-30(22)25(33)23(27-4)26(2,3)10-11-29-12-14-34-15-13-29/h1,6-9,21-23,27,31H,10-18H2,2-4H3,(H,28,32)/t21-,22+,23-/m1/s1. The van der Waals surface area contributed by atoms with E-state index in [9.17, 15) is 14.7 Å². The van der Waals surface area contributed by atoms with E-state index in [1.807, 2.05) is 24.3 Å². The third-order valence-electron chi connectivity index (χ3n) is 6.95. The summed E-state index contributed by atoms with van der Waals surface area (Å²) in [5.41, 5.74) is 1.36. The summed E-state index contributed by atoms with van der Waals surface area (Å²) in [5, 5.41) is 16.4. The molecule has 8 heteroatoms. The Balaban J connectivity index is 1.62. The summed E-state index contributed by atoms with van der Waals surface area (Å²) in [7, 11) is 1.78. The van der Waals surface area contributed by atoms with Crippen molar-refractivity contribution in [1.29, 1.82) is 0 Å². The van der Waals surface area contributed by atoms with Gasteiger partial charge >= 0.3 is 0 Å². The normalized spacial score (nSPS) is 22.3. The summed E-state index contributed by atoms with van der Waals surface area (Å²) in [6, 6.07) is 6.23. The fourth-order valence-corrected chi connectivity index (χ4v) is 4.76. The number of benzene rings is 1. The maximum atomic E-state index is 13.6. The van der Waals surface area contributed by atoms with Crippen LogP contribution in [0.15, 0.2) is 24.3 Å². The molecule has 2 heterocycles. The van der Waals surface area contributed by atoms with Gasteiger partial charge in [0.25, 0.3) is 0 Å². The van der Waals surface area contributed by atoms with Crippen LogP contribution in [0.3, 0.4) is 0 Å². The van der Waals surface area contributed by atoms with Gasteiger partial charge in [-0.15, -0.1) is 6.42 Å². The molecule has 0 unspecified atom stereocenters. The predicted octanol–water partition coefficient (Wildman–Crippen LogP) is 0.582. The first-order chi connectivity index (χ1) is 16.2. The number of morpholine rings is 1. The lowest BCUT2D eigenvalue weighted by Gasteiger charge is -2.38. The van der Waals surface area contributed by atoms with E-state index in [0.717, 1.165) is 50.4 Å². The Hall–Kier alpha value is -2.44. The van der Waals surface area contributed by atoms with Crippen molar-refractivity contribution in [2.45, 2.75) is 51.4 Å². The van der Waals surface area contributed by atoms with Gasteiger partial charge in [-0.2, -0.15) is 0 Å². The van der Waals surface area contributed by atoms with Crippen LogP contribution in [0.25, 0.3) is 0 Å². The number of nitrogens with zero attached hydrogens (tertiary/aromatic N) is 2. The summed E-state index contributed by atoms with van der Waals surface area (Å²) in [6.07, 6.45) is 5.73. The number of aliphatic hydroxyl groups is 1. The van der Waals surface area contributed by atoms with Crippen LogP contribution >= 0.6 is 0 Å². The van der Waals surface area contributed by atoms with Crippen molar-refractivity contribution >= 4 is 11.8 Å². The zero-order valence-electron chi connectivity index (χ0n) is 20.5. The molecule has 0 saturated carbocycles. The molecule has 1 aromatic rings. The first-order valence-electron chi connectivity index (χ1n) is 12.0. The average molecular weight is 471 g/mol. The lowest BCUT2D eigenvalue weighted by Crippen LogP contribution is -2.57. The number of hydrogen-bond acceptors (Lipinski definition) is 6.